The number of methoxy groups -OCH3 is 1. The van der Waals surface area contributed by atoms with Crippen molar-refractivity contribution in [3.63, 3.8) is 0 Å². The third-order valence-electron chi connectivity index (χ3n) is 5.10. The number of nitrogens with zero attached hydrogens (tertiary/aromatic N) is 1. The number of carbonyl (C=O) groups is 2. The number of hydrogen-bond acceptors (Lipinski definition) is 4. The third kappa shape index (κ3) is 3.95. The molecule has 0 radical (unpaired) electrons. The summed E-state index contributed by atoms with van der Waals surface area (Å²) in [5.74, 6) is -2.17. The number of aliphatic hydroxyl groups is 1. The molecule has 0 spiro atoms. The number of benzene rings is 3. The SMILES string of the molecule is COc1cccc(/C(O)=C2\C(=O)C(=O)N(c3cc(Cl)cc(Cl)c3)C2c2ccc(F)cc2)c1. The summed E-state index contributed by atoms with van der Waals surface area (Å²) in [7, 11) is 1.47. The van der Waals surface area contributed by atoms with Gasteiger partial charge in [-0.15, -0.1) is 0 Å². The minimum absolute atomic E-state index is 0.147. The number of ketones is 1. The van der Waals surface area contributed by atoms with E-state index in [-0.39, 0.29) is 27.1 Å². The van der Waals surface area contributed by atoms with Gasteiger partial charge in [-0.05, 0) is 48.0 Å². The molecule has 0 aliphatic carbocycles. The number of amides is 1. The second-order valence-electron chi connectivity index (χ2n) is 7.08. The zero-order chi connectivity index (χ0) is 23.0. The molecule has 0 aromatic heterocycles. The van der Waals surface area contributed by atoms with Crippen LogP contribution < -0.4 is 9.64 Å². The summed E-state index contributed by atoms with van der Waals surface area (Å²) in [5, 5.41) is 11.6. The van der Waals surface area contributed by atoms with E-state index in [4.69, 9.17) is 27.9 Å². The Kier molecular flexibility index (Phi) is 5.91. The number of ether oxygens (including phenoxy) is 1. The Morgan fingerprint density at radius 3 is 2.28 bits per heavy atom. The fraction of sp³-hybridized carbons (Fsp3) is 0.0833. The number of anilines is 1. The lowest BCUT2D eigenvalue weighted by Crippen LogP contribution is -2.29. The van der Waals surface area contributed by atoms with Crippen LogP contribution in [0.25, 0.3) is 5.76 Å². The fourth-order valence-electron chi connectivity index (χ4n) is 3.66. The summed E-state index contributed by atoms with van der Waals surface area (Å²) >= 11 is 12.2. The van der Waals surface area contributed by atoms with E-state index in [1.807, 2.05) is 0 Å². The highest BCUT2D eigenvalue weighted by Gasteiger charge is 2.47. The van der Waals surface area contributed by atoms with Crippen molar-refractivity contribution in [2.24, 2.45) is 0 Å². The van der Waals surface area contributed by atoms with Gasteiger partial charge in [-0.25, -0.2) is 4.39 Å². The molecule has 0 saturated carbocycles. The van der Waals surface area contributed by atoms with Crippen LogP contribution in [0.3, 0.4) is 0 Å². The van der Waals surface area contributed by atoms with E-state index in [0.29, 0.717) is 16.9 Å². The number of rotatable bonds is 4. The number of hydrogen-bond donors (Lipinski definition) is 1. The highest BCUT2D eigenvalue weighted by Crippen LogP contribution is 2.43. The first-order chi connectivity index (χ1) is 15.3. The van der Waals surface area contributed by atoms with Crippen molar-refractivity contribution < 1.29 is 23.8 Å². The lowest BCUT2D eigenvalue weighted by Gasteiger charge is -2.25. The molecule has 1 amide bonds. The molecule has 5 nitrogen and oxygen atoms in total. The molecule has 1 saturated heterocycles. The van der Waals surface area contributed by atoms with Crippen LogP contribution in [0.1, 0.15) is 17.2 Å². The average molecular weight is 472 g/mol. The standard InChI is InChI=1S/C24H16Cl2FNO4/c1-32-19-4-2-3-14(9-19)22(29)20-21(13-5-7-17(27)8-6-13)28(24(31)23(20)30)18-11-15(25)10-16(26)12-18/h2-12,21,29H,1H3/b22-20+. The molecule has 0 bridgehead atoms. The molecule has 162 valence electrons. The molecule has 1 aliphatic heterocycles. The lowest BCUT2D eigenvalue weighted by atomic mass is 9.95. The summed E-state index contributed by atoms with van der Waals surface area (Å²) < 4.78 is 18.8. The maximum Gasteiger partial charge on any atom is 0.300 e. The van der Waals surface area contributed by atoms with Crippen molar-refractivity contribution >= 4 is 46.3 Å². The second kappa shape index (κ2) is 8.65. The second-order valence-corrected chi connectivity index (χ2v) is 7.95. The molecule has 1 atom stereocenters. The molecule has 1 heterocycles. The van der Waals surface area contributed by atoms with Crippen molar-refractivity contribution in [1.82, 2.24) is 0 Å². The smallest absolute Gasteiger partial charge is 0.300 e. The molecular weight excluding hydrogens is 456 g/mol. The Labute approximate surface area is 193 Å². The highest BCUT2D eigenvalue weighted by molar-refractivity contribution is 6.52. The van der Waals surface area contributed by atoms with Gasteiger partial charge in [-0.1, -0.05) is 47.5 Å². The molecule has 8 heteroatoms. The first-order valence-corrected chi connectivity index (χ1v) is 10.2. The van der Waals surface area contributed by atoms with Crippen LogP contribution in [0.5, 0.6) is 5.75 Å². The molecule has 4 rings (SSSR count). The van der Waals surface area contributed by atoms with Crippen LogP contribution >= 0.6 is 23.2 Å². The number of halogens is 3. The zero-order valence-electron chi connectivity index (χ0n) is 16.7. The predicted molar refractivity (Wildman–Crippen MR) is 121 cm³/mol. The fourth-order valence-corrected chi connectivity index (χ4v) is 4.18. The monoisotopic (exact) mass is 471 g/mol. The van der Waals surface area contributed by atoms with Crippen LogP contribution in [0.4, 0.5) is 10.1 Å². The molecule has 1 aliphatic rings. The predicted octanol–water partition coefficient (Wildman–Crippen LogP) is 5.77. The van der Waals surface area contributed by atoms with Crippen LogP contribution in [-0.4, -0.2) is 23.9 Å². The van der Waals surface area contributed by atoms with Gasteiger partial charge >= 0.3 is 0 Å². The normalized spacial score (nSPS) is 17.6. The Morgan fingerprint density at radius 2 is 1.66 bits per heavy atom. The molecule has 1 fully saturated rings. The maximum atomic E-state index is 13.6. The van der Waals surface area contributed by atoms with Gasteiger partial charge in [0.2, 0.25) is 0 Å². The van der Waals surface area contributed by atoms with Crippen LogP contribution in [-0.2, 0) is 9.59 Å². The van der Waals surface area contributed by atoms with Gasteiger partial charge in [0.15, 0.2) is 0 Å². The van der Waals surface area contributed by atoms with Gasteiger partial charge in [0.1, 0.15) is 17.3 Å². The number of aliphatic hydroxyl groups excluding tert-OH is 1. The topological polar surface area (TPSA) is 66.8 Å². The van der Waals surface area contributed by atoms with Crippen molar-refractivity contribution in [1.29, 1.82) is 0 Å². The van der Waals surface area contributed by atoms with Crippen LogP contribution in [0, 0.1) is 5.82 Å². The van der Waals surface area contributed by atoms with Gasteiger partial charge in [-0.2, -0.15) is 0 Å². The van der Waals surface area contributed by atoms with Gasteiger partial charge in [0.25, 0.3) is 11.7 Å². The van der Waals surface area contributed by atoms with E-state index in [1.54, 1.807) is 24.3 Å². The quantitative estimate of drug-likeness (QED) is 0.298. The van der Waals surface area contributed by atoms with Gasteiger partial charge in [0.05, 0.1) is 18.7 Å². The Hall–Kier alpha value is -3.35. The van der Waals surface area contributed by atoms with Crippen molar-refractivity contribution in [3.05, 3.63) is 99.3 Å². The summed E-state index contributed by atoms with van der Waals surface area (Å²) in [6.07, 6.45) is 0. The van der Waals surface area contributed by atoms with Gasteiger partial charge < -0.3 is 9.84 Å². The minimum Gasteiger partial charge on any atom is -0.507 e. The van der Waals surface area contributed by atoms with Crippen LogP contribution in [0.15, 0.2) is 72.3 Å². The number of Topliss-reactive ketones (excluding diaryl/α,β-unsaturated/α-hetero) is 1. The molecule has 3 aromatic carbocycles. The van der Waals surface area contributed by atoms with E-state index in [0.717, 1.165) is 0 Å². The maximum absolute atomic E-state index is 13.6. The largest absolute Gasteiger partial charge is 0.507 e. The summed E-state index contributed by atoms with van der Waals surface area (Å²) in [6.45, 7) is 0. The zero-order valence-corrected chi connectivity index (χ0v) is 18.2. The van der Waals surface area contributed by atoms with Crippen molar-refractivity contribution in [2.45, 2.75) is 6.04 Å². The molecule has 32 heavy (non-hydrogen) atoms. The van der Waals surface area contributed by atoms with Crippen molar-refractivity contribution in [3.8, 4) is 5.75 Å². The Bertz CT molecular complexity index is 1240. The van der Waals surface area contributed by atoms with E-state index in [9.17, 15) is 19.1 Å². The highest BCUT2D eigenvalue weighted by atomic mass is 35.5. The van der Waals surface area contributed by atoms with E-state index in [2.05, 4.69) is 0 Å². The third-order valence-corrected chi connectivity index (χ3v) is 5.54. The van der Waals surface area contributed by atoms with E-state index in [1.165, 1.54) is 54.5 Å². The summed E-state index contributed by atoms with van der Waals surface area (Å²) in [5.41, 5.74) is 0.833. The minimum atomic E-state index is -1.03. The Balaban J connectivity index is 1.96. The number of carbonyl (C=O) groups excluding carboxylic acids is 2. The van der Waals surface area contributed by atoms with E-state index >= 15 is 0 Å². The lowest BCUT2D eigenvalue weighted by molar-refractivity contribution is -0.132. The van der Waals surface area contributed by atoms with Gasteiger partial charge in [0, 0.05) is 21.3 Å². The molecule has 1 unspecified atom stereocenters. The first-order valence-electron chi connectivity index (χ1n) is 9.47. The average Bonchev–Trinajstić information content (AvgIpc) is 3.04. The summed E-state index contributed by atoms with van der Waals surface area (Å²) in [4.78, 5) is 27.4. The summed E-state index contributed by atoms with van der Waals surface area (Å²) in [6, 6.07) is 15.2. The molecular formula is C24H16Cl2FNO4. The molecule has 3 aromatic rings. The van der Waals surface area contributed by atoms with E-state index < -0.39 is 23.5 Å². The first kappa shape index (κ1) is 21.9. The van der Waals surface area contributed by atoms with Crippen LogP contribution in [0.2, 0.25) is 10.0 Å². The Morgan fingerprint density at radius 1 is 1.00 bits per heavy atom. The van der Waals surface area contributed by atoms with Crippen molar-refractivity contribution in [2.75, 3.05) is 12.0 Å². The molecule has 1 N–H and O–H groups in total. The van der Waals surface area contributed by atoms with Gasteiger partial charge in [-0.3, -0.25) is 14.5 Å².